The standard InChI is InChI=1S/C16H16N2O3/c1-16(2,7-14(20)21)6-13(19)11-9-18-12-5-3-4-10(8-17)15(11)12/h3-5,9,18H,6-7H2,1-2H3,(H,20,21). The zero-order valence-electron chi connectivity index (χ0n) is 11.9. The van der Waals surface area contributed by atoms with Crippen LogP contribution in [-0.2, 0) is 4.79 Å². The van der Waals surface area contributed by atoms with Crippen molar-refractivity contribution in [3.05, 3.63) is 35.5 Å². The van der Waals surface area contributed by atoms with Gasteiger partial charge in [0.05, 0.1) is 18.1 Å². The van der Waals surface area contributed by atoms with Crippen molar-refractivity contribution in [3.63, 3.8) is 0 Å². The number of Topliss-reactive ketones (excluding diaryl/α,β-unsaturated/α-hetero) is 1. The first-order valence-corrected chi connectivity index (χ1v) is 6.59. The Kier molecular flexibility index (Phi) is 3.81. The van der Waals surface area contributed by atoms with E-state index in [0.29, 0.717) is 16.5 Å². The van der Waals surface area contributed by atoms with E-state index in [1.54, 1.807) is 38.2 Å². The largest absolute Gasteiger partial charge is 0.481 e. The Bertz CT molecular complexity index is 750. The fraction of sp³-hybridized carbons (Fsp3) is 0.312. The van der Waals surface area contributed by atoms with Crippen LogP contribution in [0.1, 0.15) is 42.6 Å². The number of aromatic amines is 1. The van der Waals surface area contributed by atoms with Crippen LogP contribution in [-0.4, -0.2) is 21.8 Å². The molecule has 2 N–H and O–H groups in total. The zero-order chi connectivity index (χ0) is 15.6. The molecule has 21 heavy (non-hydrogen) atoms. The highest BCUT2D eigenvalue weighted by atomic mass is 16.4. The zero-order valence-corrected chi connectivity index (χ0v) is 11.9. The maximum atomic E-state index is 12.5. The van der Waals surface area contributed by atoms with Gasteiger partial charge in [-0.15, -0.1) is 0 Å². The molecule has 0 fully saturated rings. The van der Waals surface area contributed by atoms with E-state index in [1.807, 2.05) is 0 Å². The lowest BCUT2D eigenvalue weighted by atomic mass is 9.82. The number of aromatic nitrogens is 1. The SMILES string of the molecule is CC(C)(CC(=O)O)CC(=O)c1c[nH]c2cccc(C#N)c12. The first-order valence-electron chi connectivity index (χ1n) is 6.59. The number of fused-ring (bicyclic) bond motifs is 1. The van der Waals surface area contributed by atoms with Gasteiger partial charge in [-0.3, -0.25) is 9.59 Å². The van der Waals surface area contributed by atoms with Gasteiger partial charge in [-0.25, -0.2) is 0 Å². The summed E-state index contributed by atoms with van der Waals surface area (Å²) in [6.07, 6.45) is 1.63. The van der Waals surface area contributed by atoms with Gasteiger partial charge in [0, 0.05) is 29.1 Å². The number of carbonyl (C=O) groups excluding carboxylic acids is 1. The molecule has 1 aromatic carbocycles. The second-order valence-corrected chi connectivity index (χ2v) is 5.88. The quantitative estimate of drug-likeness (QED) is 0.825. The minimum Gasteiger partial charge on any atom is -0.481 e. The van der Waals surface area contributed by atoms with Crippen LogP contribution < -0.4 is 0 Å². The molecule has 1 heterocycles. The van der Waals surface area contributed by atoms with Gasteiger partial charge in [-0.2, -0.15) is 5.26 Å². The summed E-state index contributed by atoms with van der Waals surface area (Å²) in [6.45, 7) is 3.50. The molecule has 5 heteroatoms. The Morgan fingerprint density at radius 1 is 1.33 bits per heavy atom. The van der Waals surface area contributed by atoms with E-state index in [1.165, 1.54) is 0 Å². The molecule has 0 unspecified atom stereocenters. The number of carbonyl (C=O) groups is 2. The lowest BCUT2D eigenvalue weighted by Crippen LogP contribution is -2.21. The summed E-state index contributed by atoms with van der Waals surface area (Å²) in [5.74, 6) is -1.08. The third-order valence-electron chi connectivity index (χ3n) is 3.40. The molecule has 0 aliphatic carbocycles. The molecule has 0 saturated heterocycles. The molecule has 0 aliphatic rings. The molecule has 2 aromatic rings. The Hall–Kier alpha value is -2.61. The second-order valence-electron chi connectivity index (χ2n) is 5.88. The van der Waals surface area contributed by atoms with Crippen LogP contribution in [0.5, 0.6) is 0 Å². The van der Waals surface area contributed by atoms with Crippen LogP contribution in [0.3, 0.4) is 0 Å². The van der Waals surface area contributed by atoms with Crippen LogP contribution in [0.15, 0.2) is 24.4 Å². The van der Waals surface area contributed by atoms with Gasteiger partial charge in [0.15, 0.2) is 5.78 Å². The third kappa shape index (κ3) is 3.11. The Labute approximate surface area is 122 Å². The smallest absolute Gasteiger partial charge is 0.303 e. The molecule has 0 atom stereocenters. The Balaban J connectivity index is 2.37. The summed E-state index contributed by atoms with van der Waals surface area (Å²) in [6, 6.07) is 7.29. The van der Waals surface area contributed by atoms with Crippen LogP contribution in [0, 0.1) is 16.7 Å². The minimum atomic E-state index is -0.926. The number of nitrogens with one attached hydrogen (secondary N) is 1. The molecular weight excluding hydrogens is 268 g/mol. The summed E-state index contributed by atoms with van der Waals surface area (Å²) >= 11 is 0. The van der Waals surface area contributed by atoms with Gasteiger partial charge in [0.1, 0.15) is 0 Å². The predicted octanol–water partition coefficient (Wildman–Crippen LogP) is 3.11. The summed E-state index contributed by atoms with van der Waals surface area (Å²) in [5, 5.41) is 18.7. The fourth-order valence-corrected chi connectivity index (χ4v) is 2.50. The number of rotatable bonds is 5. The van der Waals surface area contributed by atoms with Crippen LogP contribution >= 0.6 is 0 Å². The monoisotopic (exact) mass is 284 g/mol. The van der Waals surface area contributed by atoms with Crippen LogP contribution in [0.4, 0.5) is 0 Å². The molecule has 0 saturated carbocycles. The minimum absolute atomic E-state index is 0.0772. The molecule has 5 nitrogen and oxygen atoms in total. The van der Waals surface area contributed by atoms with Crippen molar-refractivity contribution in [2.24, 2.45) is 5.41 Å². The van der Waals surface area contributed by atoms with Crippen molar-refractivity contribution >= 4 is 22.7 Å². The number of carboxylic acid groups (broad SMARTS) is 1. The lowest BCUT2D eigenvalue weighted by molar-refractivity contribution is -0.139. The van der Waals surface area contributed by atoms with Crippen molar-refractivity contribution in [3.8, 4) is 6.07 Å². The van der Waals surface area contributed by atoms with Crippen LogP contribution in [0.2, 0.25) is 0 Å². The normalized spacial score (nSPS) is 11.3. The van der Waals surface area contributed by atoms with Gasteiger partial charge in [0.2, 0.25) is 0 Å². The number of nitrogens with zero attached hydrogens (tertiary/aromatic N) is 1. The predicted molar refractivity (Wildman–Crippen MR) is 78.0 cm³/mol. The highest BCUT2D eigenvalue weighted by molar-refractivity contribution is 6.09. The number of aliphatic carboxylic acids is 1. The number of benzene rings is 1. The maximum absolute atomic E-state index is 12.5. The van der Waals surface area contributed by atoms with Gasteiger partial charge in [-0.1, -0.05) is 19.9 Å². The highest BCUT2D eigenvalue weighted by Gasteiger charge is 2.27. The van der Waals surface area contributed by atoms with Crippen molar-refractivity contribution in [1.82, 2.24) is 4.98 Å². The molecular formula is C16H16N2O3. The van der Waals surface area contributed by atoms with E-state index in [0.717, 1.165) is 5.52 Å². The van der Waals surface area contributed by atoms with Crippen molar-refractivity contribution in [2.75, 3.05) is 0 Å². The summed E-state index contributed by atoms with van der Waals surface area (Å²) in [7, 11) is 0. The van der Waals surface area contributed by atoms with E-state index < -0.39 is 11.4 Å². The first-order chi connectivity index (χ1) is 9.84. The molecule has 0 radical (unpaired) electrons. The van der Waals surface area contributed by atoms with Gasteiger partial charge < -0.3 is 10.1 Å². The molecule has 0 amide bonds. The molecule has 0 bridgehead atoms. The average molecular weight is 284 g/mol. The van der Waals surface area contributed by atoms with Gasteiger partial charge >= 0.3 is 5.97 Å². The van der Waals surface area contributed by atoms with E-state index >= 15 is 0 Å². The van der Waals surface area contributed by atoms with Crippen molar-refractivity contribution in [1.29, 1.82) is 5.26 Å². The average Bonchev–Trinajstić information content (AvgIpc) is 2.80. The first kappa shape index (κ1) is 14.8. The summed E-state index contributed by atoms with van der Waals surface area (Å²) in [5.41, 5.74) is 0.982. The van der Waals surface area contributed by atoms with E-state index in [-0.39, 0.29) is 18.6 Å². The van der Waals surface area contributed by atoms with Gasteiger partial charge in [-0.05, 0) is 17.5 Å². The fourth-order valence-electron chi connectivity index (χ4n) is 2.50. The Morgan fingerprint density at radius 2 is 2.05 bits per heavy atom. The summed E-state index contributed by atoms with van der Waals surface area (Å²) in [4.78, 5) is 26.3. The topological polar surface area (TPSA) is 93.9 Å². The molecule has 0 spiro atoms. The molecule has 0 aliphatic heterocycles. The summed E-state index contributed by atoms with van der Waals surface area (Å²) < 4.78 is 0. The van der Waals surface area contributed by atoms with E-state index in [4.69, 9.17) is 10.4 Å². The number of ketones is 1. The number of H-pyrrole nitrogens is 1. The van der Waals surface area contributed by atoms with Gasteiger partial charge in [0.25, 0.3) is 0 Å². The molecule has 1 aromatic heterocycles. The second kappa shape index (κ2) is 5.41. The Morgan fingerprint density at radius 3 is 2.67 bits per heavy atom. The number of hydrogen-bond donors (Lipinski definition) is 2. The lowest BCUT2D eigenvalue weighted by Gasteiger charge is -2.21. The molecule has 108 valence electrons. The number of hydrogen-bond acceptors (Lipinski definition) is 3. The highest BCUT2D eigenvalue weighted by Crippen LogP contribution is 2.30. The van der Waals surface area contributed by atoms with Crippen LogP contribution in [0.25, 0.3) is 10.9 Å². The third-order valence-corrected chi connectivity index (χ3v) is 3.40. The number of nitriles is 1. The van der Waals surface area contributed by atoms with Crippen molar-refractivity contribution < 1.29 is 14.7 Å². The molecule has 2 rings (SSSR count). The van der Waals surface area contributed by atoms with E-state index in [9.17, 15) is 9.59 Å². The maximum Gasteiger partial charge on any atom is 0.303 e. The van der Waals surface area contributed by atoms with E-state index in [2.05, 4.69) is 11.1 Å². The number of carboxylic acids is 1. The van der Waals surface area contributed by atoms with Crippen molar-refractivity contribution in [2.45, 2.75) is 26.7 Å².